The number of nitrogens with one attached hydrogen (secondary N) is 1. The van der Waals surface area contributed by atoms with Crippen molar-refractivity contribution in [3.05, 3.63) is 36.1 Å². The summed E-state index contributed by atoms with van der Waals surface area (Å²) in [6.45, 7) is 13.6. The Balaban J connectivity index is 2.91. The first-order valence-electron chi connectivity index (χ1n) is 13.5. The third-order valence-corrected chi connectivity index (χ3v) is 7.75. The first kappa shape index (κ1) is 29.7. The van der Waals surface area contributed by atoms with Crippen molar-refractivity contribution in [3.63, 3.8) is 0 Å². The van der Waals surface area contributed by atoms with E-state index in [4.69, 9.17) is 4.74 Å². The first-order chi connectivity index (χ1) is 15.8. The monoisotopic (exact) mass is 459 g/mol. The number of carbonyl (C=O) groups excluding carboxylic acids is 1. The highest BCUT2D eigenvalue weighted by Crippen LogP contribution is 2.37. The molecule has 0 aromatic heterocycles. The molecule has 1 aliphatic carbocycles. The number of ether oxygens (including phenoxy) is 1. The molecule has 0 aromatic rings. The minimum Gasteiger partial charge on any atom is -0.392 e. The van der Waals surface area contributed by atoms with Gasteiger partial charge in [0.05, 0.1) is 6.10 Å². The van der Waals surface area contributed by atoms with Crippen LogP contribution >= 0.6 is 0 Å². The van der Waals surface area contributed by atoms with Crippen LogP contribution in [0.1, 0.15) is 98.3 Å². The molecule has 190 valence electrons. The van der Waals surface area contributed by atoms with E-state index in [0.717, 1.165) is 49.5 Å². The molecule has 1 N–H and O–H groups in total. The summed E-state index contributed by atoms with van der Waals surface area (Å²) < 4.78 is 5.70. The lowest BCUT2D eigenvalue weighted by atomic mass is 9.73. The number of hydrogen-bond donors (Lipinski definition) is 1. The molecule has 6 atom stereocenters. The highest BCUT2D eigenvalue weighted by atomic mass is 16.5. The van der Waals surface area contributed by atoms with Crippen molar-refractivity contribution in [2.45, 2.75) is 104 Å². The second-order valence-electron chi connectivity index (χ2n) is 10.6. The molecule has 0 aromatic carbocycles. The third kappa shape index (κ3) is 12.1. The molecular formula is C30H53NO2. The maximum Gasteiger partial charge on any atom is 0.120 e. The van der Waals surface area contributed by atoms with Gasteiger partial charge in [-0.3, -0.25) is 0 Å². The van der Waals surface area contributed by atoms with Crippen LogP contribution in [0.2, 0.25) is 0 Å². The van der Waals surface area contributed by atoms with Crippen molar-refractivity contribution < 1.29 is 9.53 Å². The van der Waals surface area contributed by atoms with E-state index in [2.05, 4.69) is 57.8 Å². The van der Waals surface area contributed by atoms with Gasteiger partial charge < -0.3 is 14.8 Å². The summed E-state index contributed by atoms with van der Waals surface area (Å²) in [5.74, 6) is 3.15. The molecule has 3 heteroatoms. The van der Waals surface area contributed by atoms with Crippen LogP contribution in [0.5, 0.6) is 0 Å². The smallest absolute Gasteiger partial charge is 0.120 e. The lowest BCUT2D eigenvalue weighted by molar-refractivity contribution is -0.108. The Hall–Kier alpha value is -1.35. The molecule has 0 fully saturated rings. The Morgan fingerprint density at radius 2 is 2.12 bits per heavy atom. The average molecular weight is 460 g/mol. The van der Waals surface area contributed by atoms with Crippen molar-refractivity contribution in [1.29, 1.82) is 0 Å². The van der Waals surface area contributed by atoms with Crippen LogP contribution in [0.4, 0.5) is 0 Å². The predicted octanol–water partition coefficient (Wildman–Crippen LogP) is 7.88. The lowest BCUT2D eigenvalue weighted by Gasteiger charge is -2.33. The van der Waals surface area contributed by atoms with E-state index in [9.17, 15) is 4.79 Å². The summed E-state index contributed by atoms with van der Waals surface area (Å²) in [7, 11) is 3.75. The van der Waals surface area contributed by atoms with Crippen LogP contribution < -0.4 is 5.32 Å². The van der Waals surface area contributed by atoms with E-state index in [0.29, 0.717) is 24.2 Å². The normalized spacial score (nSPS) is 31.0. The van der Waals surface area contributed by atoms with Gasteiger partial charge in [-0.05, 0) is 87.9 Å². The van der Waals surface area contributed by atoms with Crippen LogP contribution in [0, 0.1) is 29.6 Å². The number of carbonyl (C=O) groups is 1. The largest absolute Gasteiger partial charge is 0.392 e. The quantitative estimate of drug-likeness (QED) is 0.252. The standard InChI is InChI=1S/C30H53NO2/c1-8-28-14-10-9-11-15-29(33-7)21-24(3)19-23(2)20-25(4)30(28)16-12-13-27(17-18-32)22-26(5)31-6/h11,15,18-19,24-25,27-31H,5,8-10,12-14,16-17,20-22H2,1-4,6-7H3/b15-11+,23-19-. The van der Waals surface area contributed by atoms with Gasteiger partial charge in [-0.1, -0.05) is 64.0 Å². The number of rotatable bonds is 11. The maximum absolute atomic E-state index is 11.2. The maximum atomic E-state index is 11.2. The van der Waals surface area contributed by atoms with Gasteiger partial charge in [-0.25, -0.2) is 0 Å². The fourth-order valence-electron chi connectivity index (χ4n) is 5.88. The Kier molecular flexibility index (Phi) is 15.4. The van der Waals surface area contributed by atoms with Crippen LogP contribution in [0.3, 0.4) is 0 Å². The van der Waals surface area contributed by atoms with Gasteiger partial charge in [-0.2, -0.15) is 0 Å². The Morgan fingerprint density at radius 3 is 2.76 bits per heavy atom. The molecule has 1 rings (SSSR count). The summed E-state index contributed by atoms with van der Waals surface area (Å²) in [5.41, 5.74) is 2.56. The minimum absolute atomic E-state index is 0.220. The van der Waals surface area contributed by atoms with Crippen molar-refractivity contribution in [1.82, 2.24) is 5.32 Å². The number of hydrogen-bond acceptors (Lipinski definition) is 3. The average Bonchev–Trinajstić information content (AvgIpc) is 2.77. The van der Waals surface area contributed by atoms with E-state index in [1.165, 1.54) is 44.1 Å². The topological polar surface area (TPSA) is 38.3 Å². The molecular weight excluding hydrogens is 406 g/mol. The summed E-state index contributed by atoms with van der Waals surface area (Å²) in [6, 6.07) is 0. The molecule has 6 unspecified atom stereocenters. The highest BCUT2D eigenvalue weighted by molar-refractivity contribution is 5.49. The Labute approximate surface area is 205 Å². The fourth-order valence-corrected chi connectivity index (χ4v) is 5.88. The zero-order valence-electron chi connectivity index (χ0n) is 22.6. The van der Waals surface area contributed by atoms with Crippen molar-refractivity contribution in [2.75, 3.05) is 14.2 Å². The lowest BCUT2D eigenvalue weighted by Crippen LogP contribution is -2.23. The first-order valence-corrected chi connectivity index (χ1v) is 13.5. The summed E-state index contributed by atoms with van der Waals surface area (Å²) in [5, 5.41) is 3.15. The van der Waals surface area contributed by atoms with Gasteiger partial charge in [0.15, 0.2) is 0 Å². The number of methoxy groups -OCH3 is 1. The molecule has 0 saturated heterocycles. The number of allylic oxidation sites excluding steroid dienone is 4. The van der Waals surface area contributed by atoms with Gasteiger partial charge in [0.2, 0.25) is 0 Å². The zero-order valence-corrected chi connectivity index (χ0v) is 22.6. The van der Waals surface area contributed by atoms with Crippen molar-refractivity contribution in [3.8, 4) is 0 Å². The van der Waals surface area contributed by atoms with Crippen molar-refractivity contribution in [2.24, 2.45) is 29.6 Å². The Bertz CT molecular complexity index is 608. The van der Waals surface area contributed by atoms with E-state index in [1.807, 2.05) is 14.2 Å². The predicted molar refractivity (Wildman–Crippen MR) is 143 cm³/mol. The van der Waals surface area contributed by atoms with Gasteiger partial charge in [-0.15, -0.1) is 0 Å². The van der Waals surface area contributed by atoms with Crippen LogP contribution in [0.25, 0.3) is 0 Å². The molecule has 1 aliphatic rings. The van der Waals surface area contributed by atoms with Gasteiger partial charge in [0.1, 0.15) is 6.29 Å². The zero-order chi connectivity index (χ0) is 24.6. The van der Waals surface area contributed by atoms with Crippen LogP contribution in [-0.2, 0) is 9.53 Å². The molecule has 0 heterocycles. The third-order valence-electron chi connectivity index (χ3n) is 7.75. The van der Waals surface area contributed by atoms with Gasteiger partial charge >= 0.3 is 0 Å². The summed E-state index contributed by atoms with van der Waals surface area (Å²) >= 11 is 0. The van der Waals surface area contributed by atoms with Gasteiger partial charge in [0, 0.05) is 26.3 Å². The molecule has 0 bridgehead atoms. The van der Waals surface area contributed by atoms with E-state index in [1.54, 1.807) is 0 Å². The second kappa shape index (κ2) is 17.1. The molecule has 0 aliphatic heterocycles. The Morgan fingerprint density at radius 1 is 1.36 bits per heavy atom. The second-order valence-corrected chi connectivity index (χ2v) is 10.6. The fraction of sp³-hybridized carbons (Fsp3) is 0.767. The molecule has 0 amide bonds. The molecule has 0 radical (unpaired) electrons. The van der Waals surface area contributed by atoms with E-state index < -0.39 is 0 Å². The van der Waals surface area contributed by atoms with E-state index >= 15 is 0 Å². The van der Waals surface area contributed by atoms with E-state index in [-0.39, 0.29) is 6.10 Å². The molecule has 33 heavy (non-hydrogen) atoms. The number of aldehydes is 1. The summed E-state index contributed by atoms with van der Waals surface area (Å²) in [6.07, 6.45) is 20.7. The molecule has 0 spiro atoms. The molecule has 3 nitrogen and oxygen atoms in total. The highest BCUT2D eigenvalue weighted by Gasteiger charge is 2.26. The summed E-state index contributed by atoms with van der Waals surface area (Å²) in [4.78, 5) is 11.2. The van der Waals surface area contributed by atoms with Gasteiger partial charge in [0.25, 0.3) is 0 Å². The van der Waals surface area contributed by atoms with Crippen LogP contribution in [0.15, 0.2) is 36.1 Å². The molecule has 0 saturated carbocycles. The SMILES string of the molecule is C=C(CC(CC=O)CCCC1C(C)C/C(C)=C\C(C)CC(OC)/C=C/CCCC1CC)NC. The minimum atomic E-state index is 0.220. The van der Waals surface area contributed by atoms with Crippen LogP contribution in [-0.4, -0.2) is 26.5 Å². The van der Waals surface area contributed by atoms with Crippen molar-refractivity contribution >= 4 is 6.29 Å².